The van der Waals surface area contributed by atoms with Crippen LogP contribution in [0.2, 0.25) is 0 Å². The zero-order chi connectivity index (χ0) is 24.6. The molecule has 0 radical (unpaired) electrons. The van der Waals surface area contributed by atoms with Crippen LogP contribution in [0.25, 0.3) is 0 Å². The van der Waals surface area contributed by atoms with Crippen LogP contribution >= 0.6 is 0 Å². The molecule has 0 fully saturated rings. The van der Waals surface area contributed by atoms with Crippen LogP contribution in [0.5, 0.6) is 5.75 Å². The average Bonchev–Trinajstić information content (AvgIpc) is 2.82. The number of benzene rings is 2. The fourth-order valence-electron chi connectivity index (χ4n) is 3.98. The third-order valence-corrected chi connectivity index (χ3v) is 8.15. The third-order valence-electron chi connectivity index (χ3n) is 5.96. The van der Waals surface area contributed by atoms with Gasteiger partial charge >= 0.3 is 0 Å². The van der Waals surface area contributed by atoms with Crippen molar-refractivity contribution in [2.24, 2.45) is 0 Å². The van der Waals surface area contributed by atoms with Crippen molar-refractivity contribution < 1.29 is 17.9 Å². The van der Waals surface area contributed by atoms with Gasteiger partial charge in [0.25, 0.3) is 5.91 Å². The van der Waals surface area contributed by atoms with Crippen molar-refractivity contribution in [2.75, 3.05) is 39.8 Å². The monoisotopic (exact) mass is 475 g/mol. The Morgan fingerprint density at radius 2 is 1.67 bits per heavy atom. The van der Waals surface area contributed by atoms with E-state index in [0.29, 0.717) is 30.8 Å². The van der Waals surface area contributed by atoms with Crippen LogP contribution in [-0.4, -0.2) is 63.4 Å². The van der Waals surface area contributed by atoms with Gasteiger partial charge in [0.05, 0.1) is 18.0 Å². The summed E-state index contributed by atoms with van der Waals surface area (Å²) in [6.07, 6.45) is 0. The Morgan fingerprint density at radius 3 is 2.24 bits per heavy atom. The molecule has 1 amide bonds. The molecular weight excluding hydrogens is 438 g/mol. The van der Waals surface area contributed by atoms with Crippen LogP contribution in [-0.2, 0) is 10.0 Å². The second-order valence-corrected chi connectivity index (χ2v) is 9.70. The molecule has 2 aromatic carbocycles. The molecule has 1 atom stereocenters. The lowest BCUT2D eigenvalue weighted by molar-refractivity contribution is 0.0934. The van der Waals surface area contributed by atoms with Gasteiger partial charge < -0.3 is 10.1 Å². The number of methoxy groups -OCH3 is 1. The van der Waals surface area contributed by atoms with Gasteiger partial charge in [-0.05, 0) is 55.4 Å². The van der Waals surface area contributed by atoms with E-state index in [0.717, 1.165) is 24.4 Å². The highest BCUT2D eigenvalue weighted by Gasteiger charge is 2.25. The third kappa shape index (κ3) is 6.34. The van der Waals surface area contributed by atoms with Crippen LogP contribution < -0.4 is 10.1 Å². The summed E-state index contributed by atoms with van der Waals surface area (Å²) in [5.41, 5.74) is 2.00. The summed E-state index contributed by atoms with van der Waals surface area (Å²) in [6, 6.07) is 12.6. The van der Waals surface area contributed by atoms with Crippen LogP contribution in [0.1, 0.15) is 55.2 Å². The van der Waals surface area contributed by atoms with E-state index in [1.807, 2.05) is 24.3 Å². The van der Waals surface area contributed by atoms with Crippen LogP contribution in [0, 0.1) is 6.92 Å². The predicted octanol–water partition coefficient (Wildman–Crippen LogP) is 3.85. The van der Waals surface area contributed by atoms with Crippen molar-refractivity contribution in [1.82, 2.24) is 14.5 Å². The average molecular weight is 476 g/mol. The zero-order valence-electron chi connectivity index (χ0n) is 20.6. The van der Waals surface area contributed by atoms with E-state index < -0.39 is 10.0 Å². The number of carbonyl (C=O) groups is 1. The molecule has 0 aliphatic heterocycles. The van der Waals surface area contributed by atoms with E-state index in [4.69, 9.17) is 4.74 Å². The first-order valence-corrected chi connectivity index (χ1v) is 12.9. The lowest BCUT2D eigenvalue weighted by atomic mass is 10.0. The van der Waals surface area contributed by atoms with Crippen LogP contribution in [0.4, 0.5) is 0 Å². The molecule has 0 spiro atoms. The number of carbonyl (C=O) groups excluding carboxylic acids is 1. The van der Waals surface area contributed by atoms with Gasteiger partial charge in [-0.25, -0.2) is 8.42 Å². The minimum absolute atomic E-state index is 0.0385. The second-order valence-electron chi connectivity index (χ2n) is 7.79. The first-order chi connectivity index (χ1) is 15.7. The van der Waals surface area contributed by atoms with Crippen molar-refractivity contribution in [2.45, 2.75) is 45.6 Å². The number of sulfonamides is 1. The molecule has 8 heteroatoms. The Balaban J connectivity index is 2.30. The van der Waals surface area contributed by atoms with Gasteiger partial charge in [0.15, 0.2) is 0 Å². The molecule has 7 nitrogen and oxygen atoms in total. The molecule has 182 valence electrons. The maximum Gasteiger partial charge on any atom is 0.251 e. The maximum atomic E-state index is 13.0. The fourth-order valence-corrected chi connectivity index (χ4v) is 5.69. The number of amides is 1. The minimum atomic E-state index is -3.66. The highest BCUT2D eigenvalue weighted by molar-refractivity contribution is 7.89. The van der Waals surface area contributed by atoms with E-state index in [1.54, 1.807) is 40.0 Å². The van der Waals surface area contributed by atoms with Crippen molar-refractivity contribution in [3.63, 3.8) is 0 Å². The summed E-state index contributed by atoms with van der Waals surface area (Å²) in [7, 11) is -2.03. The Labute approximate surface area is 198 Å². The molecule has 33 heavy (non-hydrogen) atoms. The van der Waals surface area contributed by atoms with Gasteiger partial charge in [0.2, 0.25) is 10.0 Å². The smallest absolute Gasteiger partial charge is 0.251 e. The van der Waals surface area contributed by atoms with Crippen LogP contribution in [0.15, 0.2) is 47.4 Å². The van der Waals surface area contributed by atoms with Crippen molar-refractivity contribution in [3.05, 3.63) is 59.2 Å². The Kier molecular flexibility index (Phi) is 9.88. The molecule has 0 bridgehead atoms. The van der Waals surface area contributed by atoms with Gasteiger partial charge in [-0.1, -0.05) is 45.9 Å². The molecule has 0 aliphatic carbocycles. The van der Waals surface area contributed by atoms with Gasteiger partial charge in [-0.3, -0.25) is 9.69 Å². The van der Waals surface area contributed by atoms with E-state index in [-0.39, 0.29) is 16.8 Å². The number of ether oxygens (including phenoxy) is 1. The van der Waals surface area contributed by atoms with Crippen molar-refractivity contribution >= 4 is 15.9 Å². The largest absolute Gasteiger partial charge is 0.497 e. The number of likely N-dealkylation sites (N-methyl/N-ethyl adjacent to an activating group) is 1. The highest BCUT2D eigenvalue weighted by Crippen LogP contribution is 2.25. The van der Waals surface area contributed by atoms with Gasteiger partial charge in [0.1, 0.15) is 5.75 Å². The number of nitrogens with one attached hydrogen (secondary N) is 1. The SMILES string of the molecule is CCN(CC)C(CNC(=O)c1ccc(C)c(S(=O)(=O)N(CC)CC)c1)c1cccc(OC)c1. The lowest BCUT2D eigenvalue weighted by Gasteiger charge is -2.30. The molecule has 1 unspecified atom stereocenters. The van der Waals surface area contributed by atoms with Crippen molar-refractivity contribution in [1.29, 1.82) is 0 Å². The van der Waals surface area contributed by atoms with Gasteiger partial charge in [-0.15, -0.1) is 0 Å². The number of hydrogen-bond donors (Lipinski definition) is 1. The molecule has 0 saturated heterocycles. The quantitative estimate of drug-likeness (QED) is 0.505. The summed E-state index contributed by atoms with van der Waals surface area (Å²) in [6.45, 7) is 12.3. The standard InChI is InChI=1S/C25H37N3O4S/c1-7-27(8-2)23(20-12-11-13-22(16-20)32-6)18-26-25(29)21-15-14-19(5)24(17-21)33(30,31)28(9-3)10-4/h11-17,23H,7-10,18H2,1-6H3,(H,26,29). The lowest BCUT2D eigenvalue weighted by Crippen LogP contribution is -2.38. The maximum absolute atomic E-state index is 13.0. The summed E-state index contributed by atoms with van der Waals surface area (Å²) in [5, 5.41) is 3.01. The minimum Gasteiger partial charge on any atom is -0.497 e. The fraction of sp³-hybridized carbons (Fsp3) is 0.480. The van der Waals surface area contributed by atoms with E-state index in [1.165, 1.54) is 10.4 Å². The van der Waals surface area contributed by atoms with E-state index in [2.05, 4.69) is 24.1 Å². The zero-order valence-corrected chi connectivity index (χ0v) is 21.4. The van der Waals surface area contributed by atoms with Crippen molar-refractivity contribution in [3.8, 4) is 5.75 Å². The van der Waals surface area contributed by atoms with Crippen LogP contribution in [0.3, 0.4) is 0 Å². The normalized spacial score (nSPS) is 12.7. The summed E-state index contributed by atoms with van der Waals surface area (Å²) in [4.78, 5) is 15.5. The number of aryl methyl sites for hydroxylation is 1. The molecule has 2 rings (SSSR count). The van der Waals surface area contributed by atoms with E-state index in [9.17, 15) is 13.2 Å². The van der Waals surface area contributed by atoms with E-state index >= 15 is 0 Å². The number of nitrogens with zero attached hydrogens (tertiary/aromatic N) is 2. The highest BCUT2D eigenvalue weighted by atomic mass is 32.2. The molecular formula is C25H37N3O4S. The molecule has 1 N–H and O–H groups in total. The second kappa shape index (κ2) is 12.2. The first kappa shape index (κ1) is 26.8. The molecule has 0 saturated carbocycles. The summed E-state index contributed by atoms with van der Waals surface area (Å²) >= 11 is 0. The molecule has 2 aromatic rings. The number of hydrogen-bond acceptors (Lipinski definition) is 5. The Hall–Kier alpha value is -2.42. The Bertz CT molecular complexity index is 1030. The topological polar surface area (TPSA) is 79.0 Å². The summed E-state index contributed by atoms with van der Waals surface area (Å²) < 4.78 is 32.9. The summed E-state index contributed by atoms with van der Waals surface area (Å²) in [5.74, 6) is 0.465. The predicted molar refractivity (Wildman–Crippen MR) is 132 cm³/mol. The first-order valence-electron chi connectivity index (χ1n) is 11.5. The molecule has 0 heterocycles. The van der Waals surface area contributed by atoms with Gasteiger partial charge in [0, 0.05) is 25.2 Å². The Morgan fingerprint density at radius 1 is 1.00 bits per heavy atom. The molecule has 0 aromatic heterocycles. The molecule has 0 aliphatic rings. The van der Waals surface area contributed by atoms with Gasteiger partial charge in [-0.2, -0.15) is 4.31 Å². The number of rotatable bonds is 12.